The number of rotatable bonds is 3. The fraction of sp³-hybridized carbons (Fsp3) is 0.545. The largest absolute Gasteiger partial charge is 0.387 e. The van der Waals surface area contributed by atoms with Gasteiger partial charge in [-0.15, -0.1) is 4.91 Å². The standard InChI is InChI=1S/C11H13N5O4S/c1-4-13-9(15-19)6-10(14-4)16(3-12-6)11-8(18)7(17)5(2-21)20-11/h3,5,7-8,11,17-18,21H,2H2,1H3/t5-,7-,8-,11-/m1/s1. The number of nitroso groups, excluding NO2 is 1. The Labute approximate surface area is 124 Å². The summed E-state index contributed by atoms with van der Waals surface area (Å²) < 4.78 is 7.03. The highest BCUT2D eigenvalue weighted by molar-refractivity contribution is 7.80. The first-order chi connectivity index (χ1) is 10.1. The van der Waals surface area contributed by atoms with Crippen LogP contribution in [0.4, 0.5) is 5.82 Å². The van der Waals surface area contributed by atoms with Crippen molar-refractivity contribution in [2.24, 2.45) is 5.18 Å². The Balaban J connectivity index is 2.10. The molecule has 0 saturated carbocycles. The molecule has 112 valence electrons. The van der Waals surface area contributed by atoms with Crippen LogP contribution >= 0.6 is 12.6 Å². The van der Waals surface area contributed by atoms with Gasteiger partial charge in [0.2, 0.25) is 5.82 Å². The maximum absolute atomic E-state index is 10.8. The number of hydrogen-bond donors (Lipinski definition) is 3. The predicted octanol–water partition coefficient (Wildman–Crippen LogP) is 0.0816. The van der Waals surface area contributed by atoms with Gasteiger partial charge in [0.15, 0.2) is 17.4 Å². The minimum absolute atomic E-state index is 0.0740. The molecule has 0 spiro atoms. The Bertz CT molecular complexity index is 693. The van der Waals surface area contributed by atoms with Crippen LogP contribution in [0.15, 0.2) is 11.5 Å². The highest BCUT2D eigenvalue weighted by atomic mass is 32.1. The van der Waals surface area contributed by atoms with Gasteiger partial charge in [-0.25, -0.2) is 15.0 Å². The van der Waals surface area contributed by atoms with Gasteiger partial charge < -0.3 is 14.9 Å². The zero-order valence-corrected chi connectivity index (χ0v) is 11.9. The van der Waals surface area contributed by atoms with Gasteiger partial charge >= 0.3 is 0 Å². The molecular formula is C11H13N5O4S. The van der Waals surface area contributed by atoms with Gasteiger partial charge in [-0.1, -0.05) is 0 Å². The average Bonchev–Trinajstić information content (AvgIpc) is 3.01. The summed E-state index contributed by atoms with van der Waals surface area (Å²) in [6, 6.07) is 0. The third-order valence-corrected chi connectivity index (χ3v) is 3.75. The Morgan fingerprint density at radius 3 is 2.81 bits per heavy atom. The van der Waals surface area contributed by atoms with Gasteiger partial charge in [-0.2, -0.15) is 12.6 Å². The van der Waals surface area contributed by atoms with E-state index < -0.39 is 24.5 Å². The Hall–Kier alpha value is -1.62. The summed E-state index contributed by atoms with van der Waals surface area (Å²) in [5.74, 6) is 0.531. The molecule has 2 aromatic heterocycles. The molecule has 2 N–H and O–H groups in total. The molecule has 0 radical (unpaired) electrons. The fourth-order valence-electron chi connectivity index (χ4n) is 2.37. The highest BCUT2D eigenvalue weighted by Gasteiger charge is 2.43. The van der Waals surface area contributed by atoms with Crippen LogP contribution in [0.25, 0.3) is 11.2 Å². The molecule has 4 atom stereocenters. The second kappa shape index (κ2) is 5.30. The average molecular weight is 311 g/mol. The van der Waals surface area contributed by atoms with Crippen molar-refractivity contribution in [3.05, 3.63) is 17.1 Å². The molecule has 2 aromatic rings. The minimum Gasteiger partial charge on any atom is -0.387 e. The van der Waals surface area contributed by atoms with E-state index in [1.54, 1.807) is 6.92 Å². The number of imidazole rings is 1. The molecule has 1 aliphatic heterocycles. The molecule has 3 rings (SSSR count). The molecule has 1 aliphatic rings. The number of aliphatic hydroxyl groups is 2. The van der Waals surface area contributed by atoms with E-state index in [9.17, 15) is 15.1 Å². The number of fused-ring (bicyclic) bond motifs is 1. The molecule has 0 amide bonds. The van der Waals surface area contributed by atoms with Crippen LogP contribution in [0, 0.1) is 11.8 Å². The lowest BCUT2D eigenvalue weighted by atomic mass is 10.1. The van der Waals surface area contributed by atoms with Crippen LogP contribution in [-0.4, -0.2) is 53.8 Å². The zero-order valence-electron chi connectivity index (χ0n) is 11.0. The van der Waals surface area contributed by atoms with Crippen LogP contribution in [0.1, 0.15) is 12.1 Å². The van der Waals surface area contributed by atoms with Gasteiger partial charge in [-0.05, 0) is 12.1 Å². The van der Waals surface area contributed by atoms with E-state index in [4.69, 9.17) is 4.74 Å². The number of aliphatic hydroxyl groups excluding tert-OH is 2. The highest BCUT2D eigenvalue weighted by Crippen LogP contribution is 2.33. The monoisotopic (exact) mass is 311 g/mol. The fourth-order valence-corrected chi connectivity index (χ4v) is 2.67. The van der Waals surface area contributed by atoms with Gasteiger partial charge in [-0.3, -0.25) is 4.57 Å². The summed E-state index contributed by atoms with van der Waals surface area (Å²) in [7, 11) is 0. The van der Waals surface area contributed by atoms with Crippen molar-refractivity contribution < 1.29 is 14.9 Å². The summed E-state index contributed by atoms with van der Waals surface area (Å²) in [5.41, 5.74) is 0.531. The van der Waals surface area contributed by atoms with E-state index in [0.29, 0.717) is 11.5 Å². The molecule has 9 nitrogen and oxygen atoms in total. The first kappa shape index (κ1) is 14.3. The minimum atomic E-state index is -1.15. The molecule has 21 heavy (non-hydrogen) atoms. The van der Waals surface area contributed by atoms with Crippen LogP contribution < -0.4 is 0 Å². The molecule has 10 heteroatoms. The van der Waals surface area contributed by atoms with Crippen molar-refractivity contribution >= 4 is 29.6 Å². The van der Waals surface area contributed by atoms with Crippen molar-refractivity contribution in [3.8, 4) is 0 Å². The van der Waals surface area contributed by atoms with E-state index >= 15 is 0 Å². The smallest absolute Gasteiger partial charge is 0.228 e. The Kier molecular flexibility index (Phi) is 3.61. The summed E-state index contributed by atoms with van der Waals surface area (Å²) in [5, 5.41) is 22.8. The van der Waals surface area contributed by atoms with Crippen molar-refractivity contribution in [1.29, 1.82) is 0 Å². The molecule has 1 saturated heterocycles. The van der Waals surface area contributed by atoms with Crippen LogP contribution in [0.3, 0.4) is 0 Å². The molecule has 1 fully saturated rings. The number of thiol groups is 1. The molecular weight excluding hydrogens is 298 g/mol. The number of hydrogen-bond acceptors (Lipinski definition) is 9. The lowest BCUT2D eigenvalue weighted by molar-refractivity contribution is -0.0288. The maximum atomic E-state index is 10.8. The van der Waals surface area contributed by atoms with Crippen molar-refractivity contribution in [2.75, 3.05) is 5.75 Å². The second-order valence-electron chi connectivity index (χ2n) is 4.74. The topological polar surface area (TPSA) is 123 Å². The van der Waals surface area contributed by atoms with E-state index in [2.05, 4.69) is 32.8 Å². The maximum Gasteiger partial charge on any atom is 0.228 e. The normalized spacial score (nSPS) is 29.1. The molecule has 0 aliphatic carbocycles. The van der Waals surface area contributed by atoms with E-state index in [-0.39, 0.29) is 17.1 Å². The van der Waals surface area contributed by atoms with Crippen molar-refractivity contribution in [2.45, 2.75) is 31.5 Å². The van der Waals surface area contributed by atoms with E-state index in [1.165, 1.54) is 10.9 Å². The number of nitrogens with zero attached hydrogens (tertiary/aromatic N) is 5. The van der Waals surface area contributed by atoms with Crippen molar-refractivity contribution in [1.82, 2.24) is 19.5 Å². The number of aromatic nitrogens is 4. The second-order valence-corrected chi connectivity index (χ2v) is 5.10. The lowest BCUT2D eigenvalue weighted by Gasteiger charge is -2.16. The van der Waals surface area contributed by atoms with Gasteiger partial charge in [0.1, 0.15) is 18.0 Å². The molecule has 0 aromatic carbocycles. The lowest BCUT2D eigenvalue weighted by Crippen LogP contribution is -2.32. The van der Waals surface area contributed by atoms with Crippen LogP contribution in [0.5, 0.6) is 0 Å². The van der Waals surface area contributed by atoms with Gasteiger partial charge in [0, 0.05) is 5.75 Å². The third-order valence-electron chi connectivity index (χ3n) is 3.39. The summed E-state index contributed by atoms with van der Waals surface area (Å²) in [6.07, 6.45) is -2.30. The van der Waals surface area contributed by atoms with E-state index in [0.717, 1.165) is 0 Å². The van der Waals surface area contributed by atoms with Crippen LogP contribution in [-0.2, 0) is 4.74 Å². The number of ether oxygens (including phenoxy) is 1. The van der Waals surface area contributed by atoms with E-state index in [1.807, 2.05) is 0 Å². The summed E-state index contributed by atoms with van der Waals surface area (Å²) >= 11 is 4.07. The first-order valence-corrected chi connectivity index (χ1v) is 6.87. The molecule has 0 bridgehead atoms. The number of aryl methyl sites for hydroxylation is 1. The van der Waals surface area contributed by atoms with Crippen LogP contribution in [0.2, 0.25) is 0 Å². The molecule has 3 heterocycles. The third kappa shape index (κ3) is 2.20. The van der Waals surface area contributed by atoms with Gasteiger partial charge in [0.05, 0.1) is 12.4 Å². The predicted molar refractivity (Wildman–Crippen MR) is 75.3 cm³/mol. The Morgan fingerprint density at radius 1 is 1.43 bits per heavy atom. The summed E-state index contributed by atoms with van der Waals surface area (Å²) in [6.45, 7) is 1.61. The summed E-state index contributed by atoms with van der Waals surface area (Å²) in [4.78, 5) is 22.9. The molecule has 0 unspecified atom stereocenters. The van der Waals surface area contributed by atoms with Crippen molar-refractivity contribution in [3.63, 3.8) is 0 Å². The first-order valence-electron chi connectivity index (χ1n) is 6.23. The Morgan fingerprint density at radius 2 is 2.19 bits per heavy atom. The van der Waals surface area contributed by atoms with Gasteiger partial charge in [0.25, 0.3) is 0 Å². The quantitative estimate of drug-likeness (QED) is 0.542. The zero-order chi connectivity index (χ0) is 15.1. The SMILES string of the molecule is Cc1nc(N=O)c2ncn([C@@H]3O[C@H](CS)[C@@H](O)[C@H]3O)c2n1.